The van der Waals surface area contributed by atoms with Crippen molar-refractivity contribution in [2.75, 3.05) is 10.6 Å². The first-order valence-corrected chi connectivity index (χ1v) is 5.77. The Morgan fingerprint density at radius 1 is 1.25 bits per heavy atom. The predicted octanol–water partition coefficient (Wildman–Crippen LogP) is 2.33. The molecule has 0 aliphatic carbocycles. The Bertz CT molecular complexity index is 667. The smallest absolute Gasteiger partial charge is 0.277 e. The number of amides is 2. The third kappa shape index (κ3) is 3.19. The molecule has 0 saturated heterocycles. The average molecular weight is 277 g/mol. The molecule has 0 unspecified atom stereocenters. The zero-order valence-electron chi connectivity index (χ0n) is 10.9. The van der Waals surface area contributed by atoms with Gasteiger partial charge in [-0.15, -0.1) is 0 Å². The van der Waals surface area contributed by atoms with Gasteiger partial charge in [-0.2, -0.15) is 0 Å². The fraction of sp³-hybridized carbons (Fsp3) is 0.154. The zero-order valence-corrected chi connectivity index (χ0v) is 10.9. The second-order valence-corrected chi connectivity index (χ2v) is 4.15. The molecule has 1 aromatic carbocycles. The van der Waals surface area contributed by atoms with Crippen molar-refractivity contribution in [3.8, 4) is 0 Å². The summed E-state index contributed by atoms with van der Waals surface area (Å²) in [6.07, 6.45) is 0. The number of aryl methyl sites for hydroxylation is 1. The third-order valence-corrected chi connectivity index (χ3v) is 2.40. The van der Waals surface area contributed by atoms with E-state index in [1.54, 1.807) is 6.92 Å². The first-order valence-electron chi connectivity index (χ1n) is 5.77. The Hall–Kier alpha value is -2.70. The highest BCUT2D eigenvalue weighted by molar-refractivity contribution is 6.03. The van der Waals surface area contributed by atoms with Gasteiger partial charge >= 0.3 is 0 Å². The van der Waals surface area contributed by atoms with E-state index >= 15 is 0 Å². The number of carbonyl (C=O) groups is 2. The van der Waals surface area contributed by atoms with Crippen molar-refractivity contribution in [3.63, 3.8) is 0 Å². The van der Waals surface area contributed by atoms with E-state index in [2.05, 4.69) is 15.8 Å². The van der Waals surface area contributed by atoms with Gasteiger partial charge in [0.25, 0.3) is 5.91 Å². The highest BCUT2D eigenvalue weighted by Crippen LogP contribution is 2.20. The summed E-state index contributed by atoms with van der Waals surface area (Å²) in [5.41, 5.74) is 0.374. The molecule has 0 radical (unpaired) electrons. The molecule has 6 nitrogen and oxygen atoms in total. The van der Waals surface area contributed by atoms with Crippen molar-refractivity contribution in [2.45, 2.75) is 13.8 Å². The number of hydrogen-bond donors (Lipinski definition) is 2. The minimum absolute atomic E-state index is 0.0480. The summed E-state index contributed by atoms with van der Waals surface area (Å²) >= 11 is 0. The van der Waals surface area contributed by atoms with E-state index in [0.29, 0.717) is 11.4 Å². The summed E-state index contributed by atoms with van der Waals surface area (Å²) in [6, 6.07) is 5.30. The molecule has 0 fully saturated rings. The van der Waals surface area contributed by atoms with E-state index < -0.39 is 11.7 Å². The molecule has 0 atom stereocenters. The van der Waals surface area contributed by atoms with Gasteiger partial charge in [0.15, 0.2) is 5.69 Å². The van der Waals surface area contributed by atoms with Crippen LogP contribution in [0.2, 0.25) is 0 Å². The van der Waals surface area contributed by atoms with Gasteiger partial charge in [0, 0.05) is 18.7 Å². The maximum Gasteiger partial charge on any atom is 0.277 e. The van der Waals surface area contributed by atoms with Crippen LogP contribution in [0.25, 0.3) is 0 Å². The van der Waals surface area contributed by atoms with Crippen LogP contribution in [-0.2, 0) is 4.79 Å². The lowest BCUT2D eigenvalue weighted by Gasteiger charge is -2.07. The van der Waals surface area contributed by atoms with Crippen molar-refractivity contribution in [3.05, 3.63) is 41.5 Å². The Labute approximate surface area is 114 Å². The second kappa shape index (κ2) is 5.52. The molecule has 2 aromatic rings. The maximum atomic E-state index is 13.6. The normalized spacial score (nSPS) is 10.2. The molecule has 20 heavy (non-hydrogen) atoms. The number of nitrogens with one attached hydrogen (secondary N) is 2. The molecule has 0 saturated carbocycles. The fourth-order valence-corrected chi connectivity index (χ4v) is 1.56. The van der Waals surface area contributed by atoms with E-state index in [4.69, 9.17) is 4.52 Å². The summed E-state index contributed by atoms with van der Waals surface area (Å²) in [7, 11) is 0. The molecule has 0 spiro atoms. The van der Waals surface area contributed by atoms with E-state index in [0.717, 1.165) is 6.07 Å². The van der Waals surface area contributed by atoms with Crippen LogP contribution in [0.4, 0.5) is 15.8 Å². The predicted molar refractivity (Wildman–Crippen MR) is 69.9 cm³/mol. The molecular formula is C13H12FN3O3. The van der Waals surface area contributed by atoms with Gasteiger partial charge in [0.1, 0.15) is 11.6 Å². The average Bonchev–Trinajstić information content (AvgIpc) is 2.79. The lowest BCUT2D eigenvalue weighted by atomic mass is 10.2. The van der Waals surface area contributed by atoms with E-state index in [-0.39, 0.29) is 17.3 Å². The van der Waals surface area contributed by atoms with Crippen molar-refractivity contribution in [2.24, 2.45) is 0 Å². The van der Waals surface area contributed by atoms with Crippen LogP contribution < -0.4 is 10.6 Å². The van der Waals surface area contributed by atoms with E-state index in [1.165, 1.54) is 25.1 Å². The van der Waals surface area contributed by atoms with Gasteiger partial charge in [0.05, 0.1) is 5.69 Å². The van der Waals surface area contributed by atoms with Gasteiger partial charge in [-0.25, -0.2) is 4.39 Å². The molecule has 0 aliphatic heterocycles. The summed E-state index contributed by atoms with van der Waals surface area (Å²) in [5, 5.41) is 8.40. The van der Waals surface area contributed by atoms with Crippen LogP contribution in [0.5, 0.6) is 0 Å². The molecule has 7 heteroatoms. The van der Waals surface area contributed by atoms with Crippen LogP contribution in [0, 0.1) is 12.7 Å². The van der Waals surface area contributed by atoms with Crippen LogP contribution in [0.1, 0.15) is 23.2 Å². The largest absolute Gasteiger partial charge is 0.361 e. The zero-order chi connectivity index (χ0) is 14.7. The molecule has 0 aliphatic rings. The molecule has 1 aromatic heterocycles. The summed E-state index contributed by atoms with van der Waals surface area (Å²) in [4.78, 5) is 22.8. The number of benzene rings is 1. The van der Waals surface area contributed by atoms with Gasteiger partial charge in [-0.1, -0.05) is 5.16 Å². The highest BCUT2D eigenvalue weighted by Gasteiger charge is 2.14. The Kier molecular flexibility index (Phi) is 3.79. The van der Waals surface area contributed by atoms with Crippen LogP contribution in [0.3, 0.4) is 0 Å². The molecule has 2 amide bonds. The van der Waals surface area contributed by atoms with E-state index in [9.17, 15) is 14.0 Å². The number of aromatic nitrogens is 1. The lowest BCUT2D eigenvalue weighted by molar-refractivity contribution is -0.114. The van der Waals surface area contributed by atoms with Crippen LogP contribution in [0.15, 0.2) is 28.8 Å². The van der Waals surface area contributed by atoms with Gasteiger partial charge in [0.2, 0.25) is 5.91 Å². The van der Waals surface area contributed by atoms with E-state index in [1.807, 2.05) is 0 Å². The molecule has 0 bridgehead atoms. The van der Waals surface area contributed by atoms with Crippen LogP contribution in [-0.4, -0.2) is 17.0 Å². The van der Waals surface area contributed by atoms with Crippen molar-refractivity contribution in [1.29, 1.82) is 0 Å². The number of anilines is 2. The summed E-state index contributed by atoms with van der Waals surface area (Å²) in [5.74, 6) is -1.03. The highest BCUT2D eigenvalue weighted by atomic mass is 19.1. The van der Waals surface area contributed by atoms with Crippen molar-refractivity contribution < 1.29 is 18.5 Å². The maximum absolute atomic E-state index is 13.6. The standard InChI is InChI=1S/C13H12FN3O3/c1-7-5-12(17-20-7)13(19)16-11-6-9(15-8(2)18)3-4-10(11)14/h3-6H,1-2H3,(H,15,18)(H,16,19). The third-order valence-electron chi connectivity index (χ3n) is 2.40. The number of halogens is 1. The molecule has 2 rings (SSSR count). The molecule has 1 heterocycles. The second-order valence-electron chi connectivity index (χ2n) is 4.15. The Morgan fingerprint density at radius 2 is 2.00 bits per heavy atom. The van der Waals surface area contributed by atoms with Gasteiger partial charge < -0.3 is 15.2 Å². The SMILES string of the molecule is CC(=O)Nc1ccc(F)c(NC(=O)c2cc(C)on2)c1. The Balaban J connectivity index is 2.19. The number of hydrogen-bond acceptors (Lipinski definition) is 4. The number of nitrogens with zero attached hydrogens (tertiary/aromatic N) is 1. The topological polar surface area (TPSA) is 84.2 Å². The monoisotopic (exact) mass is 277 g/mol. The van der Waals surface area contributed by atoms with Gasteiger partial charge in [-0.05, 0) is 25.1 Å². The minimum atomic E-state index is -0.618. The van der Waals surface area contributed by atoms with Crippen molar-refractivity contribution >= 4 is 23.2 Å². The first-order chi connectivity index (χ1) is 9.45. The molecule has 104 valence electrons. The lowest BCUT2D eigenvalue weighted by Crippen LogP contribution is -2.14. The van der Waals surface area contributed by atoms with Crippen LogP contribution >= 0.6 is 0 Å². The fourth-order valence-electron chi connectivity index (χ4n) is 1.56. The minimum Gasteiger partial charge on any atom is -0.361 e. The van der Waals surface area contributed by atoms with Crippen molar-refractivity contribution in [1.82, 2.24) is 5.16 Å². The Morgan fingerprint density at radius 3 is 2.60 bits per heavy atom. The first kappa shape index (κ1) is 13.7. The molecule has 2 N–H and O–H groups in total. The molecular weight excluding hydrogens is 265 g/mol. The summed E-state index contributed by atoms with van der Waals surface area (Å²) in [6.45, 7) is 2.97. The quantitative estimate of drug-likeness (QED) is 0.901. The van der Waals surface area contributed by atoms with Gasteiger partial charge in [-0.3, -0.25) is 9.59 Å². The number of carbonyl (C=O) groups excluding carboxylic acids is 2. The number of rotatable bonds is 3. The summed E-state index contributed by atoms with van der Waals surface area (Å²) < 4.78 is 18.4.